The fourth-order valence-electron chi connectivity index (χ4n) is 1.67. The van der Waals surface area contributed by atoms with Crippen LogP contribution in [0.2, 0.25) is 0 Å². The van der Waals surface area contributed by atoms with Crippen LogP contribution >= 0.6 is 0 Å². The molecule has 0 unspecified atom stereocenters. The van der Waals surface area contributed by atoms with E-state index in [0.717, 1.165) is 12.3 Å². The van der Waals surface area contributed by atoms with Crippen molar-refractivity contribution in [2.45, 2.75) is 6.04 Å². The average molecular weight is 314 g/mol. The summed E-state index contributed by atoms with van der Waals surface area (Å²) in [6, 6.07) is 1.66. The highest BCUT2D eigenvalue weighted by Crippen LogP contribution is 2.27. The summed E-state index contributed by atoms with van der Waals surface area (Å²) in [5.74, 6) is -4.19. The van der Waals surface area contributed by atoms with Crippen molar-refractivity contribution in [1.29, 1.82) is 0 Å². The van der Waals surface area contributed by atoms with E-state index in [1.165, 1.54) is 6.07 Å². The number of nitrogens with one attached hydrogen (secondary N) is 1. The van der Waals surface area contributed by atoms with E-state index in [0.29, 0.717) is 6.07 Å². The third-order valence-electron chi connectivity index (χ3n) is 2.71. The molecule has 2 rings (SSSR count). The number of hydrogen-bond acceptors (Lipinski definition) is 6. The molecule has 0 spiro atoms. The Morgan fingerprint density at radius 1 is 1.36 bits per heavy atom. The van der Waals surface area contributed by atoms with Crippen LogP contribution in [0.1, 0.15) is 11.7 Å². The Kier molecular flexibility index (Phi) is 4.51. The molecule has 116 valence electrons. The van der Waals surface area contributed by atoms with Gasteiger partial charge in [0.15, 0.2) is 5.82 Å². The summed E-state index contributed by atoms with van der Waals surface area (Å²) < 4.78 is 39.0. The lowest BCUT2D eigenvalue weighted by molar-refractivity contribution is -0.384. The molecule has 0 saturated carbocycles. The maximum atomic E-state index is 13.2. The molecule has 0 aliphatic rings. The number of aliphatic hydroxyl groups excluding tert-OH is 1. The first-order valence-electron chi connectivity index (χ1n) is 5.91. The van der Waals surface area contributed by atoms with Gasteiger partial charge in [-0.1, -0.05) is 0 Å². The Bertz CT molecular complexity index is 697. The Morgan fingerprint density at radius 2 is 2.09 bits per heavy atom. The summed E-state index contributed by atoms with van der Waals surface area (Å²) >= 11 is 0. The van der Waals surface area contributed by atoms with E-state index in [-0.39, 0.29) is 5.69 Å². The van der Waals surface area contributed by atoms with Gasteiger partial charge >= 0.3 is 5.69 Å². The van der Waals surface area contributed by atoms with Gasteiger partial charge in [0.25, 0.3) is 5.95 Å². The van der Waals surface area contributed by atoms with Gasteiger partial charge in [-0.15, -0.1) is 0 Å². The molecule has 0 saturated heterocycles. The molecule has 2 aromatic rings. The highest BCUT2D eigenvalue weighted by Gasteiger charge is 2.23. The van der Waals surface area contributed by atoms with Gasteiger partial charge in [-0.25, -0.2) is 8.78 Å². The second kappa shape index (κ2) is 6.35. The predicted octanol–water partition coefficient (Wildman–Crippen LogP) is 1.95. The Labute approximate surface area is 121 Å². The van der Waals surface area contributed by atoms with Crippen molar-refractivity contribution in [1.82, 2.24) is 9.97 Å². The lowest BCUT2D eigenvalue weighted by Crippen LogP contribution is -2.18. The largest absolute Gasteiger partial charge is 0.394 e. The molecule has 7 nitrogen and oxygen atoms in total. The van der Waals surface area contributed by atoms with Gasteiger partial charge in [-0.05, 0) is 12.1 Å². The molecule has 0 amide bonds. The van der Waals surface area contributed by atoms with Crippen LogP contribution in [0.5, 0.6) is 0 Å². The van der Waals surface area contributed by atoms with E-state index in [9.17, 15) is 28.4 Å². The summed E-state index contributed by atoms with van der Waals surface area (Å²) in [4.78, 5) is 16.7. The van der Waals surface area contributed by atoms with Gasteiger partial charge in [0, 0.05) is 0 Å². The first-order chi connectivity index (χ1) is 10.4. The quantitative estimate of drug-likeness (QED) is 0.497. The normalized spacial score (nSPS) is 12.0. The Hall–Kier alpha value is -2.75. The van der Waals surface area contributed by atoms with Crippen LogP contribution in [0.4, 0.5) is 24.7 Å². The fraction of sp³-hybridized carbons (Fsp3) is 0.167. The number of pyridine rings is 2. The number of hydrogen-bond donors (Lipinski definition) is 2. The summed E-state index contributed by atoms with van der Waals surface area (Å²) in [7, 11) is 0. The number of aromatic nitrogens is 2. The number of aliphatic hydroxyl groups is 1. The minimum atomic E-state index is -1.53. The molecule has 0 radical (unpaired) electrons. The lowest BCUT2D eigenvalue weighted by Gasteiger charge is -2.16. The van der Waals surface area contributed by atoms with Crippen LogP contribution in [-0.2, 0) is 0 Å². The van der Waals surface area contributed by atoms with E-state index >= 15 is 0 Å². The van der Waals surface area contributed by atoms with Crippen LogP contribution in [0.25, 0.3) is 0 Å². The van der Waals surface area contributed by atoms with Crippen molar-refractivity contribution in [3.8, 4) is 0 Å². The topological polar surface area (TPSA) is 101 Å². The SMILES string of the molecule is O=[N+]([O-])c1cc(F)c(F)nc1N[C@@H](CO)c1ccc(F)cn1. The fourth-order valence-corrected chi connectivity index (χ4v) is 1.67. The standard InChI is InChI=1S/C12H9F3N4O3/c13-6-1-2-8(16-4-6)9(5-20)17-12-10(19(21)22)3-7(14)11(15)18-12/h1-4,9,20H,5H2,(H,17,18)/t9-/m0/s1. The molecule has 0 bridgehead atoms. The molecule has 10 heteroatoms. The van der Waals surface area contributed by atoms with Gasteiger partial charge in [0.1, 0.15) is 5.82 Å². The molecule has 0 aliphatic heterocycles. The molecule has 0 fully saturated rings. The third-order valence-corrected chi connectivity index (χ3v) is 2.71. The number of halogens is 3. The van der Waals surface area contributed by atoms with E-state index in [2.05, 4.69) is 15.3 Å². The minimum absolute atomic E-state index is 0.143. The summed E-state index contributed by atoms with van der Waals surface area (Å²) in [6.45, 7) is -0.587. The summed E-state index contributed by atoms with van der Waals surface area (Å²) in [5.41, 5.74) is -0.663. The van der Waals surface area contributed by atoms with Crippen LogP contribution in [-0.4, -0.2) is 26.6 Å². The molecule has 2 N–H and O–H groups in total. The van der Waals surface area contributed by atoms with E-state index in [1.54, 1.807) is 0 Å². The lowest BCUT2D eigenvalue weighted by atomic mass is 10.2. The maximum absolute atomic E-state index is 13.2. The predicted molar refractivity (Wildman–Crippen MR) is 68.5 cm³/mol. The maximum Gasteiger partial charge on any atom is 0.314 e. The minimum Gasteiger partial charge on any atom is -0.394 e. The van der Waals surface area contributed by atoms with Gasteiger partial charge in [0.05, 0.1) is 35.5 Å². The van der Waals surface area contributed by atoms with Crippen molar-refractivity contribution < 1.29 is 23.2 Å². The highest BCUT2D eigenvalue weighted by molar-refractivity contribution is 5.56. The molecule has 2 heterocycles. The zero-order valence-electron chi connectivity index (χ0n) is 10.8. The first kappa shape index (κ1) is 15.6. The number of nitrogens with zero attached hydrogens (tertiary/aromatic N) is 3. The second-order valence-corrected chi connectivity index (χ2v) is 4.17. The average Bonchev–Trinajstić information content (AvgIpc) is 2.48. The second-order valence-electron chi connectivity index (χ2n) is 4.17. The Morgan fingerprint density at radius 3 is 2.64 bits per heavy atom. The molecule has 2 aromatic heterocycles. The number of nitro groups is 1. The van der Waals surface area contributed by atoms with E-state index in [4.69, 9.17) is 0 Å². The van der Waals surface area contributed by atoms with Gasteiger partial charge < -0.3 is 10.4 Å². The molecular weight excluding hydrogens is 305 g/mol. The molecular formula is C12H9F3N4O3. The third kappa shape index (κ3) is 3.28. The van der Waals surface area contributed by atoms with Crippen LogP contribution in [0.3, 0.4) is 0 Å². The van der Waals surface area contributed by atoms with Crippen molar-refractivity contribution in [2.75, 3.05) is 11.9 Å². The monoisotopic (exact) mass is 314 g/mol. The smallest absolute Gasteiger partial charge is 0.314 e. The van der Waals surface area contributed by atoms with E-state index < -0.39 is 46.7 Å². The highest BCUT2D eigenvalue weighted by atomic mass is 19.2. The molecule has 0 aliphatic carbocycles. The molecule has 22 heavy (non-hydrogen) atoms. The number of rotatable bonds is 5. The molecule has 0 aromatic carbocycles. The van der Waals surface area contributed by atoms with Gasteiger partial charge in [-0.3, -0.25) is 15.1 Å². The van der Waals surface area contributed by atoms with Gasteiger partial charge in [-0.2, -0.15) is 9.37 Å². The summed E-state index contributed by atoms with van der Waals surface area (Å²) in [6.07, 6.45) is 0.882. The van der Waals surface area contributed by atoms with Crippen molar-refractivity contribution in [3.63, 3.8) is 0 Å². The van der Waals surface area contributed by atoms with Gasteiger partial charge in [0.2, 0.25) is 5.82 Å². The van der Waals surface area contributed by atoms with Crippen molar-refractivity contribution in [2.24, 2.45) is 0 Å². The zero-order chi connectivity index (χ0) is 16.3. The summed E-state index contributed by atoms with van der Waals surface area (Å²) in [5, 5.41) is 22.5. The van der Waals surface area contributed by atoms with Crippen LogP contribution in [0, 0.1) is 27.7 Å². The van der Waals surface area contributed by atoms with E-state index in [1.807, 2.05) is 0 Å². The van der Waals surface area contributed by atoms with Crippen molar-refractivity contribution in [3.05, 3.63) is 57.8 Å². The zero-order valence-corrected chi connectivity index (χ0v) is 10.8. The van der Waals surface area contributed by atoms with Crippen LogP contribution < -0.4 is 5.32 Å². The Balaban J connectivity index is 2.37. The van der Waals surface area contributed by atoms with Crippen LogP contribution in [0.15, 0.2) is 24.4 Å². The molecule has 1 atom stereocenters. The number of anilines is 1. The first-order valence-corrected chi connectivity index (χ1v) is 5.91. The van der Waals surface area contributed by atoms with Crippen molar-refractivity contribution >= 4 is 11.5 Å².